The van der Waals surface area contributed by atoms with E-state index in [9.17, 15) is 13.6 Å². The van der Waals surface area contributed by atoms with Crippen LogP contribution in [0.1, 0.15) is 44.6 Å². The van der Waals surface area contributed by atoms with Gasteiger partial charge in [0, 0.05) is 25.2 Å². The van der Waals surface area contributed by atoms with Gasteiger partial charge in [-0.25, -0.2) is 8.78 Å². The first-order valence-corrected chi connectivity index (χ1v) is 9.09. The molecule has 1 unspecified atom stereocenters. The van der Waals surface area contributed by atoms with Crippen LogP contribution < -0.4 is 4.74 Å². The zero-order valence-corrected chi connectivity index (χ0v) is 15.0. The number of likely N-dealkylation sites (tertiary alicyclic amines) is 2. The van der Waals surface area contributed by atoms with Crippen LogP contribution in [0.4, 0.5) is 8.78 Å². The normalized spacial score (nSPS) is 24.3. The first-order chi connectivity index (χ1) is 12.0. The molecule has 2 aliphatic rings. The van der Waals surface area contributed by atoms with E-state index in [1.54, 1.807) is 0 Å². The van der Waals surface area contributed by atoms with Gasteiger partial charge in [-0.3, -0.25) is 9.69 Å². The number of benzene rings is 1. The van der Waals surface area contributed by atoms with Gasteiger partial charge in [-0.15, -0.1) is 0 Å². The van der Waals surface area contributed by atoms with E-state index < -0.39 is 17.2 Å². The predicted octanol–water partition coefficient (Wildman–Crippen LogP) is 3.34. The van der Waals surface area contributed by atoms with Crippen molar-refractivity contribution in [1.82, 2.24) is 9.80 Å². The van der Waals surface area contributed by atoms with E-state index in [4.69, 9.17) is 4.74 Å². The lowest BCUT2D eigenvalue weighted by atomic mass is 9.85. The van der Waals surface area contributed by atoms with Crippen LogP contribution in [0.3, 0.4) is 0 Å². The number of piperidine rings is 1. The Kier molecular flexibility index (Phi) is 5.27. The summed E-state index contributed by atoms with van der Waals surface area (Å²) in [6.45, 7) is 4.70. The van der Waals surface area contributed by atoms with Crippen molar-refractivity contribution >= 4 is 5.91 Å². The summed E-state index contributed by atoms with van der Waals surface area (Å²) >= 11 is 0. The molecule has 2 aliphatic heterocycles. The van der Waals surface area contributed by atoms with Crippen molar-refractivity contribution in [1.29, 1.82) is 0 Å². The third-order valence-electron chi connectivity index (χ3n) is 5.52. The van der Waals surface area contributed by atoms with Gasteiger partial charge < -0.3 is 9.64 Å². The van der Waals surface area contributed by atoms with E-state index in [1.165, 1.54) is 19.2 Å². The highest BCUT2D eigenvalue weighted by Gasteiger charge is 2.50. The summed E-state index contributed by atoms with van der Waals surface area (Å²) in [5.74, 6) is -1.55. The van der Waals surface area contributed by atoms with Gasteiger partial charge >= 0.3 is 0 Å². The van der Waals surface area contributed by atoms with Crippen molar-refractivity contribution in [3.05, 3.63) is 29.3 Å². The molecule has 2 saturated heterocycles. The van der Waals surface area contributed by atoms with Crippen LogP contribution in [0, 0.1) is 11.6 Å². The molecule has 138 valence electrons. The Morgan fingerprint density at radius 3 is 2.60 bits per heavy atom. The molecule has 1 amide bonds. The van der Waals surface area contributed by atoms with Crippen molar-refractivity contribution < 1.29 is 18.3 Å². The molecular formula is C19H26F2N2O2. The first kappa shape index (κ1) is 18.1. The quantitative estimate of drug-likeness (QED) is 0.815. The van der Waals surface area contributed by atoms with Crippen LogP contribution in [0.15, 0.2) is 12.1 Å². The fourth-order valence-electron chi connectivity index (χ4n) is 4.33. The molecule has 2 heterocycles. The Balaban J connectivity index is 1.86. The monoisotopic (exact) mass is 352 g/mol. The largest absolute Gasteiger partial charge is 0.491 e. The summed E-state index contributed by atoms with van der Waals surface area (Å²) in [5, 5.41) is 0. The zero-order chi connectivity index (χ0) is 18.0. The average Bonchev–Trinajstić information content (AvgIpc) is 2.99. The molecular weight excluding hydrogens is 326 g/mol. The minimum atomic E-state index is -0.706. The second-order valence-corrected chi connectivity index (χ2v) is 7.01. The van der Waals surface area contributed by atoms with Crippen molar-refractivity contribution in [2.75, 3.05) is 26.7 Å². The third-order valence-corrected chi connectivity index (χ3v) is 5.52. The van der Waals surface area contributed by atoms with Crippen LogP contribution in [0.2, 0.25) is 0 Å². The smallest absolute Gasteiger partial charge is 0.243 e. The molecule has 0 radical (unpaired) electrons. The topological polar surface area (TPSA) is 32.8 Å². The maximum atomic E-state index is 14.6. The van der Waals surface area contributed by atoms with Gasteiger partial charge in [0.15, 0.2) is 17.4 Å². The summed E-state index contributed by atoms with van der Waals surface area (Å²) in [6, 6.07) is 2.68. The first-order valence-electron chi connectivity index (χ1n) is 9.09. The highest BCUT2D eigenvalue weighted by atomic mass is 19.1. The molecule has 1 aromatic carbocycles. The highest BCUT2D eigenvalue weighted by molar-refractivity contribution is 5.87. The van der Waals surface area contributed by atoms with Crippen molar-refractivity contribution in [2.45, 2.75) is 51.1 Å². The Labute approximate surface area is 147 Å². The fraction of sp³-hybridized carbons (Fsp3) is 0.632. The lowest BCUT2D eigenvalue weighted by Crippen LogP contribution is -2.59. The minimum Gasteiger partial charge on any atom is -0.491 e. The average molecular weight is 352 g/mol. The molecule has 2 fully saturated rings. The van der Waals surface area contributed by atoms with Gasteiger partial charge in [-0.2, -0.15) is 0 Å². The molecule has 6 heteroatoms. The highest BCUT2D eigenvalue weighted by Crippen LogP contribution is 2.40. The van der Waals surface area contributed by atoms with Crippen LogP contribution in [0.5, 0.6) is 5.75 Å². The second kappa shape index (κ2) is 7.28. The van der Waals surface area contributed by atoms with E-state index in [0.29, 0.717) is 12.1 Å². The molecule has 0 aromatic heterocycles. The van der Waals surface area contributed by atoms with Gasteiger partial charge in [-0.1, -0.05) is 13.0 Å². The maximum Gasteiger partial charge on any atom is 0.243 e. The standard InChI is InChI=1S/C19H26F2N2O2/c1-3-10-22-11-4-8-19(18(22)24)9-5-12-23(19)13-14-6-7-15(20)17(25-2)16(14)21/h6-7H,3-5,8-13H2,1-2H3. The van der Waals surface area contributed by atoms with Gasteiger partial charge in [0.2, 0.25) is 5.91 Å². The number of nitrogens with zero attached hydrogens (tertiary/aromatic N) is 2. The number of ether oxygens (including phenoxy) is 1. The summed E-state index contributed by atoms with van der Waals surface area (Å²) < 4.78 is 33.0. The van der Waals surface area contributed by atoms with Gasteiger partial charge in [0.25, 0.3) is 0 Å². The van der Waals surface area contributed by atoms with Crippen LogP contribution >= 0.6 is 0 Å². The number of carbonyl (C=O) groups excluding carboxylic acids is 1. The summed E-state index contributed by atoms with van der Waals surface area (Å²) in [5.41, 5.74) is -0.151. The molecule has 0 bridgehead atoms. The zero-order valence-electron chi connectivity index (χ0n) is 15.0. The Morgan fingerprint density at radius 1 is 1.20 bits per heavy atom. The summed E-state index contributed by atoms with van der Waals surface area (Å²) in [4.78, 5) is 17.1. The lowest BCUT2D eigenvalue weighted by molar-refractivity contribution is -0.147. The van der Waals surface area contributed by atoms with Gasteiger partial charge in [0.05, 0.1) is 7.11 Å². The second-order valence-electron chi connectivity index (χ2n) is 7.01. The number of carbonyl (C=O) groups is 1. The van der Waals surface area contributed by atoms with Crippen LogP contribution in [-0.4, -0.2) is 48.0 Å². The summed E-state index contributed by atoms with van der Waals surface area (Å²) in [6.07, 6.45) is 4.45. The third kappa shape index (κ3) is 3.12. The van der Waals surface area contributed by atoms with Crippen molar-refractivity contribution in [3.63, 3.8) is 0 Å². The van der Waals surface area contributed by atoms with E-state index >= 15 is 0 Å². The predicted molar refractivity (Wildman–Crippen MR) is 91.4 cm³/mol. The molecule has 1 spiro atoms. The van der Waals surface area contributed by atoms with E-state index in [1.807, 2.05) is 4.90 Å². The van der Waals surface area contributed by atoms with Crippen molar-refractivity contribution in [3.8, 4) is 5.75 Å². The molecule has 4 nitrogen and oxygen atoms in total. The van der Waals surface area contributed by atoms with E-state index in [2.05, 4.69) is 11.8 Å². The number of methoxy groups -OCH3 is 1. The molecule has 3 rings (SSSR count). The number of amides is 1. The molecule has 0 saturated carbocycles. The Morgan fingerprint density at radius 2 is 1.92 bits per heavy atom. The molecule has 1 atom stereocenters. The van der Waals surface area contributed by atoms with Gasteiger partial charge in [-0.05, 0) is 44.7 Å². The Bertz CT molecular complexity index is 651. The Hall–Kier alpha value is -1.69. The van der Waals surface area contributed by atoms with E-state index in [-0.39, 0.29) is 11.7 Å². The number of hydrogen-bond acceptors (Lipinski definition) is 3. The molecule has 1 aromatic rings. The fourth-order valence-corrected chi connectivity index (χ4v) is 4.33. The number of hydrogen-bond donors (Lipinski definition) is 0. The molecule has 25 heavy (non-hydrogen) atoms. The summed E-state index contributed by atoms with van der Waals surface area (Å²) in [7, 11) is 1.26. The number of rotatable bonds is 5. The van der Waals surface area contributed by atoms with Crippen LogP contribution in [0.25, 0.3) is 0 Å². The SMILES string of the molecule is CCCN1CCCC2(CCCN2Cc2ccc(F)c(OC)c2F)C1=O. The lowest BCUT2D eigenvalue weighted by Gasteiger charge is -2.44. The van der Waals surface area contributed by atoms with Crippen molar-refractivity contribution in [2.24, 2.45) is 0 Å². The minimum absolute atomic E-state index is 0.174. The van der Waals surface area contributed by atoms with Gasteiger partial charge in [0.1, 0.15) is 5.54 Å². The molecule has 0 aliphatic carbocycles. The van der Waals surface area contributed by atoms with Crippen LogP contribution in [-0.2, 0) is 11.3 Å². The maximum absolute atomic E-state index is 14.6. The van der Waals surface area contributed by atoms with E-state index in [0.717, 1.165) is 51.7 Å². The number of halogens is 2. The molecule has 0 N–H and O–H groups in total.